The van der Waals surface area contributed by atoms with E-state index in [1.165, 1.54) is 5.56 Å². The number of aromatic nitrogens is 3. The minimum atomic E-state index is -0.284. The molecular formula is C23H22N4O3. The van der Waals surface area contributed by atoms with Crippen molar-refractivity contribution in [1.29, 1.82) is 0 Å². The van der Waals surface area contributed by atoms with Crippen LogP contribution in [0.2, 0.25) is 0 Å². The van der Waals surface area contributed by atoms with Crippen molar-refractivity contribution in [3.05, 3.63) is 64.2 Å². The van der Waals surface area contributed by atoms with Gasteiger partial charge in [-0.1, -0.05) is 0 Å². The zero-order valence-corrected chi connectivity index (χ0v) is 17.2. The fourth-order valence-corrected chi connectivity index (χ4v) is 4.17. The van der Waals surface area contributed by atoms with Crippen molar-refractivity contribution in [3.63, 3.8) is 0 Å². The van der Waals surface area contributed by atoms with Crippen LogP contribution in [0.3, 0.4) is 0 Å². The zero-order valence-electron chi connectivity index (χ0n) is 17.2. The maximum Gasteiger partial charge on any atom is 0.340 e. The second-order valence-corrected chi connectivity index (χ2v) is 7.69. The molecule has 5 heterocycles. The van der Waals surface area contributed by atoms with Gasteiger partial charge in [0.2, 0.25) is 5.88 Å². The lowest BCUT2D eigenvalue weighted by Crippen LogP contribution is -2.32. The lowest BCUT2D eigenvalue weighted by atomic mass is 9.99. The number of carbonyl (C=O) groups is 1. The minimum absolute atomic E-state index is 0.251. The molecule has 7 nitrogen and oxygen atoms in total. The Morgan fingerprint density at radius 1 is 1.10 bits per heavy atom. The molecular weight excluding hydrogens is 380 g/mol. The van der Waals surface area contributed by atoms with Gasteiger partial charge in [-0.15, -0.1) is 0 Å². The predicted octanol–water partition coefficient (Wildman–Crippen LogP) is 3.40. The smallest absolute Gasteiger partial charge is 0.340 e. The van der Waals surface area contributed by atoms with Gasteiger partial charge in [-0.25, -0.2) is 14.8 Å². The summed E-state index contributed by atoms with van der Waals surface area (Å²) < 4.78 is 10.3. The molecule has 0 fully saturated rings. The van der Waals surface area contributed by atoms with Crippen LogP contribution in [0.15, 0.2) is 30.5 Å². The summed E-state index contributed by atoms with van der Waals surface area (Å²) in [5, 5.41) is 0. The Labute approximate surface area is 174 Å². The van der Waals surface area contributed by atoms with Crippen LogP contribution < -0.4 is 9.64 Å². The van der Waals surface area contributed by atoms with Crippen LogP contribution in [0.25, 0.3) is 11.1 Å². The molecule has 0 radical (unpaired) electrons. The number of ether oxygens (including phenoxy) is 2. The van der Waals surface area contributed by atoms with E-state index in [-0.39, 0.29) is 12.6 Å². The van der Waals surface area contributed by atoms with Gasteiger partial charge in [0.15, 0.2) is 0 Å². The Kier molecular flexibility index (Phi) is 4.38. The van der Waals surface area contributed by atoms with Crippen molar-refractivity contribution in [1.82, 2.24) is 15.0 Å². The fraction of sp³-hybridized carbons (Fsp3) is 0.304. The molecule has 0 aromatic carbocycles. The number of carbonyl (C=O) groups excluding carboxylic acids is 1. The van der Waals surface area contributed by atoms with E-state index in [0.717, 1.165) is 59.1 Å². The lowest BCUT2D eigenvalue weighted by molar-refractivity contribution is 0.0533. The van der Waals surface area contributed by atoms with E-state index < -0.39 is 0 Å². The number of pyridine rings is 3. The molecule has 0 spiro atoms. The zero-order chi connectivity index (χ0) is 20.8. The minimum Gasteiger partial charge on any atom is -0.481 e. The molecule has 2 aliphatic rings. The van der Waals surface area contributed by atoms with E-state index in [2.05, 4.69) is 16.0 Å². The number of aryl methyl sites for hydroxylation is 2. The number of cyclic esters (lactones) is 1. The topological polar surface area (TPSA) is 77.4 Å². The normalized spacial score (nSPS) is 14.9. The van der Waals surface area contributed by atoms with E-state index in [4.69, 9.17) is 19.4 Å². The molecule has 0 amide bonds. The van der Waals surface area contributed by atoms with E-state index in [9.17, 15) is 4.79 Å². The van der Waals surface area contributed by atoms with Gasteiger partial charge in [0, 0.05) is 54.3 Å². The van der Waals surface area contributed by atoms with Crippen LogP contribution in [0.4, 0.5) is 5.82 Å². The van der Waals surface area contributed by atoms with E-state index in [1.54, 1.807) is 7.11 Å². The molecule has 30 heavy (non-hydrogen) atoms. The lowest BCUT2D eigenvalue weighted by Gasteiger charge is -2.30. The summed E-state index contributed by atoms with van der Waals surface area (Å²) in [6, 6.07) is 7.98. The van der Waals surface area contributed by atoms with Crippen LogP contribution in [0, 0.1) is 13.8 Å². The molecule has 0 N–H and O–H groups in total. The molecule has 7 heteroatoms. The third-order valence-electron chi connectivity index (χ3n) is 5.74. The van der Waals surface area contributed by atoms with Crippen molar-refractivity contribution < 1.29 is 14.3 Å². The Morgan fingerprint density at radius 3 is 2.77 bits per heavy atom. The van der Waals surface area contributed by atoms with Crippen molar-refractivity contribution in [2.45, 2.75) is 33.4 Å². The number of nitrogens with zero attached hydrogens (tertiary/aromatic N) is 4. The van der Waals surface area contributed by atoms with E-state index in [0.29, 0.717) is 11.4 Å². The number of hydrogen-bond donors (Lipinski definition) is 0. The van der Waals surface area contributed by atoms with Crippen LogP contribution in [-0.2, 0) is 24.3 Å². The largest absolute Gasteiger partial charge is 0.481 e. The van der Waals surface area contributed by atoms with Gasteiger partial charge in [-0.2, -0.15) is 0 Å². The van der Waals surface area contributed by atoms with Gasteiger partial charge in [0.05, 0.1) is 18.4 Å². The van der Waals surface area contributed by atoms with Crippen molar-refractivity contribution in [2.24, 2.45) is 0 Å². The molecule has 0 atom stereocenters. The van der Waals surface area contributed by atoms with Crippen LogP contribution in [0.5, 0.6) is 5.88 Å². The van der Waals surface area contributed by atoms with Gasteiger partial charge in [-0.05, 0) is 43.2 Å². The number of esters is 1. The van der Waals surface area contributed by atoms with Crippen molar-refractivity contribution >= 4 is 11.8 Å². The van der Waals surface area contributed by atoms with E-state index in [1.807, 2.05) is 38.2 Å². The number of anilines is 1. The summed E-state index contributed by atoms with van der Waals surface area (Å²) in [4.78, 5) is 28.0. The number of methoxy groups -OCH3 is 1. The third kappa shape index (κ3) is 3.07. The number of rotatable bonds is 3. The Bertz CT molecular complexity index is 1180. The average Bonchev–Trinajstić information content (AvgIpc) is 3.12. The molecule has 0 aliphatic carbocycles. The van der Waals surface area contributed by atoms with Gasteiger partial charge >= 0.3 is 5.97 Å². The highest BCUT2D eigenvalue weighted by Crippen LogP contribution is 2.31. The van der Waals surface area contributed by atoms with Gasteiger partial charge in [-0.3, -0.25) is 4.98 Å². The summed E-state index contributed by atoms with van der Waals surface area (Å²) in [6.45, 7) is 5.78. The highest BCUT2D eigenvalue weighted by Gasteiger charge is 2.27. The van der Waals surface area contributed by atoms with Crippen LogP contribution in [0.1, 0.15) is 38.6 Å². The molecule has 0 bridgehead atoms. The van der Waals surface area contributed by atoms with Gasteiger partial charge in [0.25, 0.3) is 0 Å². The second-order valence-electron chi connectivity index (χ2n) is 7.69. The quantitative estimate of drug-likeness (QED) is 0.622. The maximum absolute atomic E-state index is 11.8. The summed E-state index contributed by atoms with van der Waals surface area (Å²) in [5.74, 6) is 1.23. The SMILES string of the molecule is COc1ccc(-c2cnc3c(c2)CN(c2nc4c(cc2C)C(=O)OC4)CC3)c(C)n1. The molecule has 0 unspecified atom stereocenters. The monoisotopic (exact) mass is 402 g/mol. The first kappa shape index (κ1) is 18.5. The standard InChI is InChI=1S/C23H22N4O3/c1-13-8-18-20(12-30-23(18)28)26-22(13)27-7-6-19-16(11-27)9-15(10-24-19)17-4-5-21(29-3)25-14(17)2/h4-5,8-10H,6-7,11-12H2,1-3H3. The predicted molar refractivity (Wildman–Crippen MR) is 112 cm³/mol. The van der Waals surface area contributed by atoms with Crippen LogP contribution in [-0.4, -0.2) is 34.6 Å². The molecule has 3 aromatic rings. The molecule has 3 aromatic heterocycles. The molecule has 5 rings (SSSR count). The third-order valence-corrected chi connectivity index (χ3v) is 5.74. The molecule has 2 aliphatic heterocycles. The summed E-state index contributed by atoms with van der Waals surface area (Å²) in [5.41, 5.74) is 7.58. The number of hydrogen-bond acceptors (Lipinski definition) is 7. The maximum atomic E-state index is 11.8. The van der Waals surface area contributed by atoms with E-state index >= 15 is 0 Å². The highest BCUT2D eigenvalue weighted by atomic mass is 16.5. The number of fused-ring (bicyclic) bond motifs is 2. The Morgan fingerprint density at radius 2 is 1.97 bits per heavy atom. The van der Waals surface area contributed by atoms with Crippen molar-refractivity contribution in [3.8, 4) is 17.0 Å². The first-order valence-corrected chi connectivity index (χ1v) is 9.96. The van der Waals surface area contributed by atoms with Gasteiger partial charge in [0.1, 0.15) is 12.4 Å². The first-order valence-electron chi connectivity index (χ1n) is 9.96. The van der Waals surface area contributed by atoms with Crippen LogP contribution >= 0.6 is 0 Å². The summed E-state index contributed by atoms with van der Waals surface area (Å²) in [7, 11) is 1.62. The highest BCUT2D eigenvalue weighted by molar-refractivity contribution is 5.93. The van der Waals surface area contributed by atoms with Gasteiger partial charge < -0.3 is 14.4 Å². The Hall–Kier alpha value is -3.48. The molecule has 152 valence electrons. The van der Waals surface area contributed by atoms with Crippen molar-refractivity contribution in [2.75, 3.05) is 18.6 Å². The summed E-state index contributed by atoms with van der Waals surface area (Å²) >= 11 is 0. The second kappa shape index (κ2) is 7.09. The Balaban J connectivity index is 1.47. The average molecular weight is 402 g/mol. The molecule has 0 saturated carbocycles. The summed E-state index contributed by atoms with van der Waals surface area (Å²) in [6.07, 6.45) is 2.77. The molecule has 0 saturated heterocycles. The fourth-order valence-electron chi connectivity index (χ4n) is 4.17. The first-order chi connectivity index (χ1) is 14.5.